The molecule has 0 saturated carbocycles. The van der Waals surface area contributed by atoms with E-state index in [1.54, 1.807) is 23.1 Å². The Labute approximate surface area is 215 Å². The molecular weight excluding hydrogens is 474 g/mol. The van der Waals surface area contributed by atoms with Gasteiger partial charge >= 0.3 is 5.76 Å². The third-order valence-electron chi connectivity index (χ3n) is 7.64. The Hall–Kier alpha value is -3.44. The maximum absolute atomic E-state index is 12.9. The molecule has 0 aliphatic carbocycles. The van der Waals surface area contributed by atoms with Crippen molar-refractivity contribution in [2.75, 3.05) is 75.3 Å². The van der Waals surface area contributed by atoms with Gasteiger partial charge in [-0.2, -0.15) is 0 Å². The van der Waals surface area contributed by atoms with E-state index in [4.69, 9.17) is 9.15 Å². The summed E-state index contributed by atoms with van der Waals surface area (Å²) in [5.41, 5.74) is 1.13. The van der Waals surface area contributed by atoms with E-state index < -0.39 is 5.76 Å². The number of benzene rings is 1. The van der Waals surface area contributed by atoms with Gasteiger partial charge in [0.2, 0.25) is 5.91 Å². The second kappa shape index (κ2) is 10.5. The molecule has 2 aromatic heterocycles. The lowest BCUT2D eigenvalue weighted by Crippen LogP contribution is -2.50. The zero-order valence-corrected chi connectivity index (χ0v) is 21.0. The number of carbonyl (C=O) groups excluding carboxylic acids is 1. The molecule has 11 nitrogen and oxygen atoms in total. The summed E-state index contributed by atoms with van der Waals surface area (Å²) in [5.74, 6) is 1.14. The van der Waals surface area contributed by atoms with Gasteiger partial charge in [0, 0.05) is 65.5 Å². The minimum atomic E-state index is -0.507. The van der Waals surface area contributed by atoms with Gasteiger partial charge < -0.3 is 23.9 Å². The fourth-order valence-electron chi connectivity index (χ4n) is 5.48. The van der Waals surface area contributed by atoms with Crippen LogP contribution >= 0.6 is 0 Å². The maximum atomic E-state index is 12.9. The molecule has 0 spiro atoms. The van der Waals surface area contributed by atoms with Gasteiger partial charge in [0.15, 0.2) is 17.2 Å². The Morgan fingerprint density at radius 3 is 2.22 bits per heavy atom. The lowest BCUT2D eigenvalue weighted by molar-refractivity contribution is -0.132. The summed E-state index contributed by atoms with van der Waals surface area (Å²) >= 11 is 0. The second-order valence-electron chi connectivity index (χ2n) is 9.96. The van der Waals surface area contributed by atoms with Crippen molar-refractivity contribution in [3.8, 4) is 0 Å². The molecule has 37 heavy (non-hydrogen) atoms. The Kier molecular flexibility index (Phi) is 6.79. The van der Waals surface area contributed by atoms with Crippen LogP contribution in [0.3, 0.4) is 0 Å². The Balaban J connectivity index is 0.994. The number of ether oxygens (including phenoxy) is 1. The molecule has 11 heteroatoms. The molecule has 3 aliphatic rings. The van der Waals surface area contributed by atoms with Gasteiger partial charge in [0.1, 0.15) is 6.54 Å². The van der Waals surface area contributed by atoms with Crippen molar-refractivity contribution >= 4 is 28.6 Å². The van der Waals surface area contributed by atoms with Crippen molar-refractivity contribution in [1.82, 2.24) is 24.6 Å². The Morgan fingerprint density at radius 1 is 0.892 bits per heavy atom. The number of rotatable bonds is 6. The molecule has 1 unspecified atom stereocenters. The smallest absolute Gasteiger partial charge is 0.408 e. The fraction of sp³-hybridized carbons (Fsp3) is 0.538. The third kappa shape index (κ3) is 5.19. The first kappa shape index (κ1) is 23.9. The minimum absolute atomic E-state index is 0.0225. The molecule has 196 valence electrons. The fourth-order valence-corrected chi connectivity index (χ4v) is 5.48. The molecule has 1 amide bonds. The van der Waals surface area contributed by atoms with E-state index >= 15 is 0 Å². The second-order valence-corrected chi connectivity index (χ2v) is 9.96. The molecule has 3 aromatic rings. The van der Waals surface area contributed by atoms with Crippen LogP contribution in [0.15, 0.2) is 45.6 Å². The van der Waals surface area contributed by atoms with Crippen LogP contribution in [0.2, 0.25) is 0 Å². The number of anilines is 2. The maximum Gasteiger partial charge on any atom is 0.420 e. The first-order valence-electron chi connectivity index (χ1n) is 13.2. The third-order valence-corrected chi connectivity index (χ3v) is 7.64. The van der Waals surface area contributed by atoms with Crippen LogP contribution in [-0.4, -0.2) is 102 Å². The molecule has 1 aromatic carbocycles. The molecule has 3 fully saturated rings. The SMILES string of the molecule is O=C(Cn1c(=O)oc2ccccc21)N1CCN(c2ccc(N3CCN(CC4CCCO4)CC3)nn2)CC1. The summed E-state index contributed by atoms with van der Waals surface area (Å²) in [6.07, 6.45) is 2.76. The molecule has 1 atom stereocenters. The van der Waals surface area contributed by atoms with Crippen LogP contribution in [0, 0.1) is 0 Å². The summed E-state index contributed by atoms with van der Waals surface area (Å²) in [6.45, 7) is 8.30. The van der Waals surface area contributed by atoms with Crippen LogP contribution < -0.4 is 15.6 Å². The van der Waals surface area contributed by atoms with E-state index in [0.717, 1.165) is 51.0 Å². The number of para-hydroxylation sites is 2. The van der Waals surface area contributed by atoms with Crippen molar-refractivity contribution in [1.29, 1.82) is 0 Å². The van der Waals surface area contributed by atoms with Crippen molar-refractivity contribution in [3.05, 3.63) is 46.9 Å². The van der Waals surface area contributed by atoms with Crippen LogP contribution in [0.4, 0.5) is 11.6 Å². The minimum Gasteiger partial charge on any atom is -0.408 e. The summed E-state index contributed by atoms with van der Waals surface area (Å²) in [5, 5.41) is 9.01. The first-order valence-corrected chi connectivity index (χ1v) is 13.2. The highest BCUT2D eigenvalue weighted by Gasteiger charge is 2.26. The summed E-state index contributed by atoms with van der Waals surface area (Å²) < 4.78 is 12.4. The number of aromatic nitrogens is 3. The molecule has 0 N–H and O–H groups in total. The Bertz CT molecular complexity index is 1270. The zero-order valence-electron chi connectivity index (χ0n) is 21.0. The predicted molar refractivity (Wildman–Crippen MR) is 139 cm³/mol. The summed E-state index contributed by atoms with van der Waals surface area (Å²) in [7, 11) is 0. The van der Waals surface area contributed by atoms with Gasteiger partial charge in [-0.25, -0.2) is 4.79 Å². The van der Waals surface area contributed by atoms with Crippen LogP contribution in [-0.2, 0) is 16.1 Å². The average Bonchev–Trinajstić information content (AvgIpc) is 3.57. The highest BCUT2D eigenvalue weighted by molar-refractivity contribution is 5.79. The van der Waals surface area contributed by atoms with Crippen molar-refractivity contribution in [2.24, 2.45) is 0 Å². The molecule has 6 rings (SSSR count). The number of amides is 1. The number of piperazine rings is 2. The van der Waals surface area contributed by atoms with E-state index in [-0.39, 0.29) is 12.5 Å². The van der Waals surface area contributed by atoms with E-state index in [1.807, 2.05) is 18.2 Å². The Morgan fingerprint density at radius 2 is 1.57 bits per heavy atom. The van der Waals surface area contributed by atoms with Crippen molar-refractivity contribution < 1.29 is 13.9 Å². The van der Waals surface area contributed by atoms with E-state index in [0.29, 0.717) is 43.4 Å². The monoisotopic (exact) mass is 507 g/mol. The van der Waals surface area contributed by atoms with E-state index in [9.17, 15) is 9.59 Å². The van der Waals surface area contributed by atoms with Crippen LogP contribution in [0.5, 0.6) is 0 Å². The lowest BCUT2D eigenvalue weighted by Gasteiger charge is -2.37. The first-order chi connectivity index (χ1) is 18.1. The quantitative estimate of drug-likeness (QED) is 0.484. The summed E-state index contributed by atoms with van der Waals surface area (Å²) in [4.78, 5) is 33.8. The van der Waals surface area contributed by atoms with Crippen LogP contribution in [0.1, 0.15) is 12.8 Å². The van der Waals surface area contributed by atoms with Gasteiger partial charge in [-0.15, -0.1) is 10.2 Å². The molecule has 0 bridgehead atoms. The number of fused-ring (bicyclic) bond motifs is 1. The number of carbonyl (C=O) groups is 1. The predicted octanol–water partition coefficient (Wildman–Crippen LogP) is 1.03. The van der Waals surface area contributed by atoms with Gasteiger partial charge in [-0.1, -0.05) is 12.1 Å². The highest BCUT2D eigenvalue weighted by atomic mass is 16.5. The van der Waals surface area contributed by atoms with Crippen molar-refractivity contribution in [3.63, 3.8) is 0 Å². The molecule has 0 radical (unpaired) electrons. The molecular formula is C26H33N7O4. The summed E-state index contributed by atoms with van der Waals surface area (Å²) in [6, 6.07) is 11.2. The zero-order chi connectivity index (χ0) is 25.2. The van der Waals surface area contributed by atoms with E-state index in [1.165, 1.54) is 17.4 Å². The molecule has 3 saturated heterocycles. The van der Waals surface area contributed by atoms with Gasteiger partial charge in [0.05, 0.1) is 11.6 Å². The van der Waals surface area contributed by atoms with Crippen LogP contribution in [0.25, 0.3) is 11.1 Å². The topological polar surface area (TPSA) is 100 Å². The van der Waals surface area contributed by atoms with Gasteiger partial charge in [-0.3, -0.25) is 14.3 Å². The van der Waals surface area contributed by atoms with Crippen molar-refractivity contribution in [2.45, 2.75) is 25.5 Å². The normalized spacial score (nSPS) is 21.2. The highest BCUT2D eigenvalue weighted by Crippen LogP contribution is 2.20. The van der Waals surface area contributed by atoms with Gasteiger partial charge in [0.25, 0.3) is 0 Å². The number of nitrogens with zero attached hydrogens (tertiary/aromatic N) is 7. The number of hydrogen-bond acceptors (Lipinski definition) is 9. The van der Waals surface area contributed by atoms with Gasteiger partial charge in [-0.05, 0) is 37.1 Å². The molecule has 5 heterocycles. The number of oxazole rings is 1. The number of hydrogen-bond donors (Lipinski definition) is 0. The molecule has 3 aliphatic heterocycles. The standard InChI is InChI=1S/C26H33N7O4/c34-25(19-33-21-5-1-2-6-22(21)37-26(33)35)32-15-13-31(14-16-32)24-8-7-23(27-28-24)30-11-9-29(10-12-30)18-20-4-3-17-36-20/h1-2,5-8,20H,3-4,9-19H2. The average molecular weight is 508 g/mol. The van der Waals surface area contributed by atoms with E-state index in [2.05, 4.69) is 24.9 Å². The lowest BCUT2D eigenvalue weighted by atomic mass is 10.2. The largest absolute Gasteiger partial charge is 0.420 e.